The summed E-state index contributed by atoms with van der Waals surface area (Å²) in [5.74, 6) is 2.50. The van der Waals surface area contributed by atoms with Gasteiger partial charge in [0.2, 0.25) is 0 Å². The van der Waals surface area contributed by atoms with Gasteiger partial charge in [0.25, 0.3) is 0 Å². The van der Waals surface area contributed by atoms with E-state index >= 15 is 0 Å². The zero-order valence-corrected chi connectivity index (χ0v) is 7.79. The van der Waals surface area contributed by atoms with E-state index in [4.69, 9.17) is 0 Å². The van der Waals surface area contributed by atoms with Crippen LogP contribution in [-0.2, 0) is 0 Å². The van der Waals surface area contributed by atoms with Crippen LogP contribution in [0.5, 0.6) is 0 Å². The van der Waals surface area contributed by atoms with Crippen LogP contribution in [-0.4, -0.2) is 23.5 Å². The Labute approximate surface area is 60.3 Å². The van der Waals surface area contributed by atoms with E-state index in [0.29, 0.717) is 0 Å². The molecule has 0 aliphatic carbocycles. The maximum Gasteiger partial charge on any atom is -0.0119 e. The maximum atomic E-state index is 2.47. The smallest absolute Gasteiger partial charge is 0.0119 e. The molecule has 0 aromatic carbocycles. The average Bonchev–Trinajstić information content (AvgIpc) is 1.97. The molecule has 0 spiro atoms. The van der Waals surface area contributed by atoms with Crippen LogP contribution in [0.1, 0.15) is 20.3 Å². The normalized spacial score (nSPS) is 44.9. The second-order valence-corrected chi connectivity index (χ2v) is 8.20. The van der Waals surface area contributed by atoms with Crippen LogP contribution in [0.4, 0.5) is 0 Å². The Morgan fingerprint density at radius 2 is 1.78 bits per heavy atom. The molecule has 9 heavy (non-hydrogen) atoms. The SMILES string of the molecule is CC1CCS(C)(C)[C@@H]1C. The fourth-order valence-electron chi connectivity index (χ4n) is 1.54. The molecule has 1 aliphatic heterocycles. The topological polar surface area (TPSA) is 0 Å². The highest BCUT2D eigenvalue weighted by Crippen LogP contribution is 2.55. The third-order valence-corrected chi connectivity index (χ3v) is 6.67. The fourth-order valence-corrected chi connectivity index (χ4v) is 4.28. The Kier molecular flexibility index (Phi) is 1.81. The average molecular weight is 146 g/mol. The van der Waals surface area contributed by atoms with Gasteiger partial charge in [-0.05, 0) is 35.9 Å². The highest BCUT2D eigenvalue weighted by atomic mass is 32.3. The molecule has 1 unspecified atom stereocenters. The molecule has 0 nitrogen and oxygen atoms in total. The zero-order valence-electron chi connectivity index (χ0n) is 6.98. The molecule has 1 rings (SSSR count). The lowest BCUT2D eigenvalue weighted by atomic mass is 10.1. The van der Waals surface area contributed by atoms with Gasteiger partial charge >= 0.3 is 0 Å². The first-order chi connectivity index (χ1) is 4.04. The second-order valence-electron chi connectivity index (χ2n) is 3.80. The van der Waals surface area contributed by atoms with Crippen LogP contribution in [0.15, 0.2) is 0 Å². The molecule has 56 valence electrons. The van der Waals surface area contributed by atoms with Crippen LogP contribution >= 0.6 is 10.0 Å². The Morgan fingerprint density at radius 1 is 1.22 bits per heavy atom. The van der Waals surface area contributed by atoms with Crippen molar-refractivity contribution in [1.82, 2.24) is 0 Å². The lowest BCUT2D eigenvalue weighted by Crippen LogP contribution is -2.11. The van der Waals surface area contributed by atoms with E-state index in [1.54, 1.807) is 0 Å². The van der Waals surface area contributed by atoms with Crippen molar-refractivity contribution in [2.45, 2.75) is 25.5 Å². The summed E-state index contributed by atoms with van der Waals surface area (Å²) in [7, 11) is -0.174. The van der Waals surface area contributed by atoms with Crippen molar-refractivity contribution >= 4 is 10.0 Å². The Morgan fingerprint density at radius 3 is 1.89 bits per heavy atom. The molecule has 0 saturated carbocycles. The molecular weight excluding hydrogens is 128 g/mol. The van der Waals surface area contributed by atoms with Gasteiger partial charge < -0.3 is 0 Å². The van der Waals surface area contributed by atoms with E-state index in [1.165, 1.54) is 12.2 Å². The number of hydrogen-bond donors (Lipinski definition) is 0. The summed E-state index contributed by atoms with van der Waals surface area (Å²) in [6.45, 7) is 4.82. The van der Waals surface area contributed by atoms with Crippen molar-refractivity contribution in [2.75, 3.05) is 18.3 Å². The van der Waals surface area contributed by atoms with Gasteiger partial charge in [-0.25, -0.2) is 10.0 Å². The molecule has 0 aromatic rings. The van der Waals surface area contributed by atoms with Crippen molar-refractivity contribution in [3.63, 3.8) is 0 Å². The van der Waals surface area contributed by atoms with Crippen LogP contribution in [0.2, 0.25) is 0 Å². The Bertz CT molecular complexity index is 107. The monoisotopic (exact) mass is 146 g/mol. The summed E-state index contributed by atoms with van der Waals surface area (Å²) in [4.78, 5) is 0. The van der Waals surface area contributed by atoms with E-state index in [0.717, 1.165) is 11.2 Å². The van der Waals surface area contributed by atoms with Gasteiger partial charge in [-0.15, -0.1) is 0 Å². The lowest BCUT2D eigenvalue weighted by molar-refractivity contribution is 0.589. The third-order valence-electron chi connectivity index (χ3n) is 2.91. The molecule has 0 bridgehead atoms. The van der Waals surface area contributed by atoms with Crippen LogP contribution in [0, 0.1) is 5.92 Å². The predicted molar refractivity (Wildman–Crippen MR) is 47.5 cm³/mol. The van der Waals surface area contributed by atoms with Crippen molar-refractivity contribution < 1.29 is 0 Å². The van der Waals surface area contributed by atoms with Crippen molar-refractivity contribution in [2.24, 2.45) is 5.92 Å². The second kappa shape index (κ2) is 2.19. The quantitative estimate of drug-likeness (QED) is 0.492. The molecule has 1 heteroatoms. The van der Waals surface area contributed by atoms with E-state index in [2.05, 4.69) is 26.4 Å². The summed E-state index contributed by atoms with van der Waals surface area (Å²) >= 11 is 0. The number of rotatable bonds is 0. The highest BCUT2D eigenvalue weighted by Gasteiger charge is 2.31. The zero-order chi connectivity index (χ0) is 7.07. The first-order valence-electron chi connectivity index (χ1n) is 3.74. The Hall–Kier alpha value is 0.350. The molecule has 1 heterocycles. The first-order valence-corrected chi connectivity index (χ1v) is 6.42. The number of hydrogen-bond acceptors (Lipinski definition) is 0. The minimum Gasteiger partial charge on any atom is -0.244 e. The van der Waals surface area contributed by atoms with Crippen molar-refractivity contribution in [1.29, 1.82) is 0 Å². The van der Waals surface area contributed by atoms with Gasteiger partial charge in [-0.3, -0.25) is 0 Å². The van der Waals surface area contributed by atoms with E-state index in [1.807, 2.05) is 0 Å². The van der Waals surface area contributed by atoms with Gasteiger partial charge in [0.15, 0.2) is 0 Å². The van der Waals surface area contributed by atoms with E-state index in [-0.39, 0.29) is 10.0 Å². The van der Waals surface area contributed by atoms with E-state index in [9.17, 15) is 0 Å². The van der Waals surface area contributed by atoms with E-state index < -0.39 is 0 Å². The molecule has 0 radical (unpaired) electrons. The van der Waals surface area contributed by atoms with Crippen molar-refractivity contribution in [3.8, 4) is 0 Å². The van der Waals surface area contributed by atoms with Gasteiger partial charge in [-0.1, -0.05) is 13.8 Å². The molecule has 1 fully saturated rings. The summed E-state index contributed by atoms with van der Waals surface area (Å²) in [6.07, 6.45) is 6.42. The first kappa shape index (κ1) is 7.46. The fraction of sp³-hybridized carbons (Fsp3) is 1.00. The van der Waals surface area contributed by atoms with Crippen molar-refractivity contribution in [3.05, 3.63) is 0 Å². The summed E-state index contributed by atoms with van der Waals surface area (Å²) < 4.78 is 0. The summed E-state index contributed by atoms with van der Waals surface area (Å²) in [5.41, 5.74) is 0. The molecular formula is C8H18S. The highest BCUT2D eigenvalue weighted by molar-refractivity contribution is 8.33. The molecule has 0 aromatic heterocycles. The Balaban J connectivity index is 2.62. The molecule has 0 N–H and O–H groups in total. The van der Waals surface area contributed by atoms with Gasteiger partial charge in [-0.2, -0.15) is 0 Å². The minimum atomic E-state index is -0.174. The predicted octanol–water partition coefficient (Wildman–Crippen LogP) is 2.48. The standard InChI is InChI=1S/C8H18S/c1-7-5-6-9(3,4)8(7)2/h7-8H,5-6H2,1-4H3/t7?,8-/m1/s1. The third kappa shape index (κ3) is 1.26. The molecule has 2 atom stereocenters. The summed E-state index contributed by atoms with van der Waals surface area (Å²) in [6, 6.07) is 0. The molecule has 1 saturated heterocycles. The van der Waals surface area contributed by atoms with Crippen LogP contribution < -0.4 is 0 Å². The lowest BCUT2D eigenvalue weighted by Gasteiger charge is -2.31. The van der Waals surface area contributed by atoms with Gasteiger partial charge in [0.1, 0.15) is 0 Å². The largest absolute Gasteiger partial charge is 0.244 e. The maximum absolute atomic E-state index is 2.47. The molecule has 0 amide bonds. The van der Waals surface area contributed by atoms with Crippen LogP contribution in [0.25, 0.3) is 0 Å². The van der Waals surface area contributed by atoms with Crippen LogP contribution in [0.3, 0.4) is 0 Å². The molecule has 1 aliphatic rings. The summed E-state index contributed by atoms with van der Waals surface area (Å²) in [5, 5.41) is 1.01. The minimum absolute atomic E-state index is 0.174. The van der Waals surface area contributed by atoms with Gasteiger partial charge in [0, 0.05) is 0 Å². The van der Waals surface area contributed by atoms with Gasteiger partial charge in [0.05, 0.1) is 0 Å².